The second kappa shape index (κ2) is 7.11. The van der Waals surface area contributed by atoms with Gasteiger partial charge in [-0.15, -0.1) is 0 Å². The van der Waals surface area contributed by atoms with E-state index in [9.17, 15) is 5.11 Å². The van der Waals surface area contributed by atoms with Crippen LogP contribution in [-0.2, 0) is 0 Å². The molecular weight excluding hydrogens is 266 g/mol. The molecule has 0 aliphatic rings. The molecule has 0 aliphatic heterocycles. The lowest BCUT2D eigenvalue weighted by Crippen LogP contribution is -2.23. The average molecular weight is 287 g/mol. The minimum atomic E-state index is -0.788. The molecule has 0 saturated carbocycles. The summed E-state index contributed by atoms with van der Waals surface area (Å²) in [5.41, 5.74) is 4.17. The molecule has 0 bridgehead atoms. The van der Waals surface area contributed by atoms with Crippen LogP contribution in [0, 0.1) is 6.92 Å². The van der Waals surface area contributed by atoms with E-state index in [-0.39, 0.29) is 13.2 Å². The molecule has 2 aromatic rings. The maximum absolute atomic E-state index is 9.43. The van der Waals surface area contributed by atoms with E-state index in [1.165, 1.54) is 0 Å². The summed E-state index contributed by atoms with van der Waals surface area (Å²) in [7, 11) is 1.62. The Morgan fingerprint density at radius 1 is 1.19 bits per heavy atom. The number of aliphatic hydroxyl groups excluding tert-OH is 2. The molecule has 0 heterocycles. The molecule has 4 heteroatoms. The van der Waals surface area contributed by atoms with Crippen molar-refractivity contribution in [2.45, 2.75) is 13.0 Å². The fraction of sp³-hybridized carbons (Fsp3) is 0.294. The number of hydrogen-bond donors (Lipinski definition) is 3. The third-order valence-electron chi connectivity index (χ3n) is 3.37. The van der Waals surface area contributed by atoms with Crippen LogP contribution in [0.5, 0.6) is 5.75 Å². The second-order valence-electron chi connectivity index (χ2n) is 4.95. The minimum absolute atomic E-state index is 0.267. The van der Waals surface area contributed by atoms with Gasteiger partial charge in [-0.25, -0.2) is 0 Å². The number of aliphatic hydroxyl groups is 2. The van der Waals surface area contributed by atoms with Gasteiger partial charge in [-0.05, 0) is 35.7 Å². The summed E-state index contributed by atoms with van der Waals surface area (Å²) in [6, 6.07) is 14.1. The van der Waals surface area contributed by atoms with Crippen LogP contribution in [0.1, 0.15) is 5.56 Å². The number of rotatable bonds is 6. The van der Waals surface area contributed by atoms with Crippen LogP contribution in [0.2, 0.25) is 0 Å². The molecule has 0 radical (unpaired) electrons. The topological polar surface area (TPSA) is 61.7 Å². The monoisotopic (exact) mass is 287 g/mol. The largest absolute Gasteiger partial charge is 0.495 e. The van der Waals surface area contributed by atoms with E-state index in [1.807, 2.05) is 37.3 Å². The van der Waals surface area contributed by atoms with Gasteiger partial charge in [0.05, 0.1) is 25.5 Å². The second-order valence-corrected chi connectivity index (χ2v) is 4.95. The smallest absolute Gasteiger partial charge is 0.142 e. The summed E-state index contributed by atoms with van der Waals surface area (Å²) >= 11 is 0. The number of ether oxygens (including phenoxy) is 1. The summed E-state index contributed by atoms with van der Waals surface area (Å²) in [5.74, 6) is 0.713. The minimum Gasteiger partial charge on any atom is -0.495 e. The molecule has 0 aliphatic carbocycles. The Hall–Kier alpha value is -2.04. The van der Waals surface area contributed by atoms with E-state index in [0.29, 0.717) is 5.75 Å². The molecule has 112 valence electrons. The molecule has 2 rings (SSSR count). The zero-order valence-corrected chi connectivity index (χ0v) is 12.3. The van der Waals surface area contributed by atoms with Crippen LogP contribution in [0.15, 0.2) is 42.5 Å². The van der Waals surface area contributed by atoms with E-state index in [4.69, 9.17) is 9.84 Å². The Balaban J connectivity index is 2.31. The SMILES string of the molecule is COc1cc(-c2ccccc2)c(C)cc1NCC(O)CO. The highest BCUT2D eigenvalue weighted by Crippen LogP contribution is 2.33. The van der Waals surface area contributed by atoms with Crippen molar-refractivity contribution in [1.29, 1.82) is 0 Å². The van der Waals surface area contributed by atoms with Crippen molar-refractivity contribution in [2.24, 2.45) is 0 Å². The molecular formula is C17H21NO3. The quantitative estimate of drug-likeness (QED) is 0.763. The molecule has 4 nitrogen and oxygen atoms in total. The maximum Gasteiger partial charge on any atom is 0.142 e. The fourth-order valence-corrected chi connectivity index (χ4v) is 2.22. The van der Waals surface area contributed by atoms with Crippen molar-refractivity contribution in [3.63, 3.8) is 0 Å². The zero-order chi connectivity index (χ0) is 15.2. The Kier molecular flexibility index (Phi) is 5.20. The van der Waals surface area contributed by atoms with Crippen LogP contribution >= 0.6 is 0 Å². The van der Waals surface area contributed by atoms with Gasteiger partial charge in [0.25, 0.3) is 0 Å². The molecule has 0 spiro atoms. The summed E-state index contributed by atoms with van der Waals surface area (Å²) < 4.78 is 5.42. The van der Waals surface area contributed by atoms with Gasteiger partial charge in [0.15, 0.2) is 0 Å². The predicted octanol–water partition coefficient (Wildman–Crippen LogP) is 2.44. The molecule has 3 N–H and O–H groups in total. The lowest BCUT2D eigenvalue weighted by Gasteiger charge is -2.16. The van der Waals surface area contributed by atoms with Crippen LogP contribution in [-0.4, -0.2) is 36.6 Å². The van der Waals surface area contributed by atoms with Gasteiger partial charge in [0.1, 0.15) is 5.75 Å². The number of nitrogens with one attached hydrogen (secondary N) is 1. The zero-order valence-electron chi connectivity index (χ0n) is 12.3. The van der Waals surface area contributed by atoms with Crippen molar-refractivity contribution in [3.8, 4) is 16.9 Å². The molecule has 2 aromatic carbocycles. The number of anilines is 1. The summed E-state index contributed by atoms with van der Waals surface area (Å²) in [5, 5.41) is 21.4. The van der Waals surface area contributed by atoms with Gasteiger partial charge >= 0.3 is 0 Å². The first-order valence-corrected chi connectivity index (χ1v) is 6.92. The van der Waals surface area contributed by atoms with Gasteiger partial charge in [-0.3, -0.25) is 0 Å². The molecule has 0 aromatic heterocycles. The van der Waals surface area contributed by atoms with Crippen molar-refractivity contribution in [2.75, 3.05) is 25.6 Å². The first-order chi connectivity index (χ1) is 10.2. The first-order valence-electron chi connectivity index (χ1n) is 6.92. The van der Waals surface area contributed by atoms with Crippen molar-refractivity contribution < 1.29 is 14.9 Å². The Morgan fingerprint density at radius 2 is 1.90 bits per heavy atom. The summed E-state index contributed by atoms with van der Waals surface area (Å²) in [6.07, 6.45) is -0.788. The Labute approximate surface area is 125 Å². The molecule has 0 fully saturated rings. The highest BCUT2D eigenvalue weighted by molar-refractivity contribution is 5.74. The van der Waals surface area contributed by atoms with Crippen molar-refractivity contribution in [3.05, 3.63) is 48.0 Å². The van der Waals surface area contributed by atoms with Gasteiger partial charge in [-0.1, -0.05) is 30.3 Å². The van der Waals surface area contributed by atoms with Gasteiger partial charge in [0, 0.05) is 6.54 Å². The fourth-order valence-electron chi connectivity index (χ4n) is 2.22. The number of benzene rings is 2. The number of aryl methyl sites for hydroxylation is 1. The third-order valence-corrected chi connectivity index (χ3v) is 3.37. The lowest BCUT2D eigenvalue weighted by atomic mass is 9.99. The van der Waals surface area contributed by atoms with E-state index >= 15 is 0 Å². The van der Waals surface area contributed by atoms with E-state index in [2.05, 4.69) is 17.4 Å². The predicted molar refractivity (Wildman–Crippen MR) is 84.7 cm³/mol. The van der Waals surface area contributed by atoms with Crippen LogP contribution < -0.4 is 10.1 Å². The van der Waals surface area contributed by atoms with E-state index in [1.54, 1.807) is 7.11 Å². The number of hydrogen-bond acceptors (Lipinski definition) is 4. The Bertz CT molecular complexity index is 584. The maximum atomic E-state index is 9.43. The standard InChI is InChI=1S/C17H21NO3/c1-12-8-16(18-10-14(20)11-19)17(21-2)9-15(12)13-6-4-3-5-7-13/h3-9,14,18-20H,10-11H2,1-2H3. The normalized spacial score (nSPS) is 12.0. The Morgan fingerprint density at radius 3 is 2.52 bits per heavy atom. The van der Waals surface area contributed by atoms with Crippen molar-refractivity contribution >= 4 is 5.69 Å². The van der Waals surface area contributed by atoms with Gasteiger partial charge in [-0.2, -0.15) is 0 Å². The van der Waals surface area contributed by atoms with E-state index < -0.39 is 6.10 Å². The van der Waals surface area contributed by atoms with Crippen molar-refractivity contribution in [1.82, 2.24) is 0 Å². The lowest BCUT2D eigenvalue weighted by molar-refractivity contribution is 0.105. The summed E-state index contributed by atoms with van der Waals surface area (Å²) in [4.78, 5) is 0. The highest BCUT2D eigenvalue weighted by Gasteiger charge is 2.10. The van der Waals surface area contributed by atoms with Crippen LogP contribution in [0.4, 0.5) is 5.69 Å². The van der Waals surface area contributed by atoms with Gasteiger partial charge < -0.3 is 20.3 Å². The third kappa shape index (κ3) is 3.74. The molecule has 1 atom stereocenters. The summed E-state index contributed by atoms with van der Waals surface area (Å²) in [6.45, 7) is 2.04. The molecule has 0 saturated heterocycles. The first kappa shape index (κ1) is 15.4. The molecule has 21 heavy (non-hydrogen) atoms. The molecule has 0 amide bonds. The number of methoxy groups -OCH3 is 1. The van der Waals surface area contributed by atoms with Crippen LogP contribution in [0.3, 0.4) is 0 Å². The highest BCUT2D eigenvalue weighted by atomic mass is 16.5. The van der Waals surface area contributed by atoms with Crippen LogP contribution in [0.25, 0.3) is 11.1 Å². The van der Waals surface area contributed by atoms with Gasteiger partial charge in [0.2, 0.25) is 0 Å². The van der Waals surface area contributed by atoms with E-state index in [0.717, 1.165) is 22.4 Å². The average Bonchev–Trinajstić information content (AvgIpc) is 2.53. The molecule has 1 unspecified atom stereocenters.